The van der Waals surface area contributed by atoms with Gasteiger partial charge in [0.05, 0.1) is 0 Å². The predicted octanol–water partition coefficient (Wildman–Crippen LogP) is 9.64. The Morgan fingerprint density at radius 2 is 1.27 bits per heavy atom. The molecule has 0 aliphatic heterocycles. The summed E-state index contributed by atoms with van der Waals surface area (Å²) in [4.78, 5) is 30.6. The van der Waals surface area contributed by atoms with Crippen LogP contribution in [0.3, 0.4) is 0 Å². The molecule has 6 nitrogen and oxygen atoms in total. The molecule has 1 N–H and O–H groups in total. The maximum Gasteiger partial charge on any atom is 0.329 e. The first-order valence-electron chi connectivity index (χ1n) is 18.2. The van der Waals surface area contributed by atoms with Crippen molar-refractivity contribution in [2.75, 3.05) is 6.54 Å². The van der Waals surface area contributed by atoms with Crippen LogP contribution in [0.2, 0.25) is 0 Å². The van der Waals surface area contributed by atoms with E-state index in [1.165, 1.54) is 11.1 Å². The number of carbonyl (C=O) groups is 2. The topological polar surface area (TPSA) is 67.9 Å². The molecule has 0 heterocycles. The summed E-state index contributed by atoms with van der Waals surface area (Å²) in [6, 6.07) is 28.7. The lowest BCUT2D eigenvalue weighted by atomic mass is 9.76. The third kappa shape index (κ3) is 11.2. The van der Waals surface area contributed by atoms with Crippen molar-refractivity contribution in [3.63, 3.8) is 0 Å². The Balaban J connectivity index is 1.54. The Hall–Kier alpha value is -3.64. The van der Waals surface area contributed by atoms with Gasteiger partial charge in [-0.15, -0.1) is 0 Å². The molecule has 1 fully saturated rings. The Labute approximate surface area is 296 Å². The molecule has 0 spiro atoms. The van der Waals surface area contributed by atoms with E-state index in [0.717, 1.165) is 50.0 Å². The fraction of sp³-hybridized carbons (Fsp3) is 0.535. The molecule has 0 aromatic heterocycles. The maximum atomic E-state index is 14.4. The molecule has 2 unspecified atom stereocenters. The molecule has 3 aromatic carbocycles. The standard InChI is InChI=1S/C43H60N2O4/c1-31(30-45(32(2)35-18-12-10-13-19-35)33(3)36-20-14-11-15-21-36)29-43(26-16-17-27-43)40(47)44-38(39(46)49-42(7,8)9)28-34-22-24-37(25-23-34)48-41(4,5)6/h10-15,18-25,31-33,38H,16-17,26-30H2,1-9H3,(H,44,47)/t31-,32?,33?,38-/m0/s1. The van der Waals surface area contributed by atoms with Gasteiger partial charge in [-0.1, -0.05) is 92.6 Å². The van der Waals surface area contributed by atoms with Crippen molar-refractivity contribution in [3.05, 3.63) is 102 Å². The zero-order valence-corrected chi connectivity index (χ0v) is 31.4. The van der Waals surface area contributed by atoms with E-state index in [1.54, 1.807) is 0 Å². The smallest absolute Gasteiger partial charge is 0.329 e. The summed E-state index contributed by atoms with van der Waals surface area (Å²) >= 11 is 0. The number of rotatable bonds is 14. The van der Waals surface area contributed by atoms with Gasteiger partial charge in [-0.25, -0.2) is 4.79 Å². The van der Waals surface area contributed by atoms with Crippen LogP contribution in [0.4, 0.5) is 0 Å². The van der Waals surface area contributed by atoms with Crippen LogP contribution in [-0.4, -0.2) is 40.6 Å². The summed E-state index contributed by atoms with van der Waals surface area (Å²) < 4.78 is 11.8. The summed E-state index contributed by atoms with van der Waals surface area (Å²) in [7, 11) is 0. The molecule has 4 atom stereocenters. The predicted molar refractivity (Wildman–Crippen MR) is 199 cm³/mol. The van der Waals surface area contributed by atoms with E-state index < -0.39 is 23.0 Å². The van der Waals surface area contributed by atoms with Crippen molar-refractivity contribution < 1.29 is 19.1 Å². The molecule has 3 aromatic rings. The van der Waals surface area contributed by atoms with Gasteiger partial charge < -0.3 is 14.8 Å². The Bertz CT molecular complexity index is 1420. The minimum Gasteiger partial charge on any atom is -0.488 e. The Morgan fingerprint density at radius 1 is 0.755 bits per heavy atom. The second-order valence-corrected chi connectivity index (χ2v) is 16.3. The van der Waals surface area contributed by atoms with E-state index in [-0.39, 0.29) is 29.5 Å². The average Bonchev–Trinajstić information content (AvgIpc) is 3.52. The number of hydrogen-bond donors (Lipinski definition) is 1. The molecule has 0 saturated heterocycles. The summed E-state index contributed by atoms with van der Waals surface area (Å²) in [6.45, 7) is 19.3. The molecule has 1 aliphatic rings. The highest BCUT2D eigenvalue weighted by atomic mass is 16.6. The third-order valence-corrected chi connectivity index (χ3v) is 9.65. The number of benzene rings is 3. The SMILES string of the molecule is CC(c1ccccc1)N(C[C@@H](C)CC1(C(=O)N[C@@H](Cc2ccc(OC(C)(C)C)cc2)C(=O)OC(C)(C)C)CCCC1)C(C)c1ccccc1. The molecule has 266 valence electrons. The van der Waals surface area contributed by atoms with Crippen LogP contribution in [0.5, 0.6) is 5.75 Å². The van der Waals surface area contributed by atoms with Gasteiger partial charge in [0.1, 0.15) is 23.0 Å². The van der Waals surface area contributed by atoms with Crippen LogP contribution in [0, 0.1) is 11.3 Å². The molecular weight excluding hydrogens is 608 g/mol. The number of amides is 1. The first-order valence-corrected chi connectivity index (χ1v) is 18.2. The van der Waals surface area contributed by atoms with Gasteiger partial charge >= 0.3 is 5.97 Å². The van der Waals surface area contributed by atoms with Crippen LogP contribution in [-0.2, 0) is 20.7 Å². The number of nitrogens with one attached hydrogen (secondary N) is 1. The fourth-order valence-electron chi connectivity index (χ4n) is 7.33. The normalized spacial score (nSPS) is 17.2. The lowest BCUT2D eigenvalue weighted by molar-refractivity contribution is -0.159. The molecule has 4 rings (SSSR count). The van der Waals surface area contributed by atoms with Crippen molar-refractivity contribution in [2.45, 2.75) is 130 Å². The third-order valence-electron chi connectivity index (χ3n) is 9.65. The highest BCUT2D eigenvalue weighted by Crippen LogP contribution is 2.44. The van der Waals surface area contributed by atoms with E-state index in [9.17, 15) is 9.59 Å². The van der Waals surface area contributed by atoms with Crippen molar-refractivity contribution in [3.8, 4) is 5.75 Å². The second-order valence-electron chi connectivity index (χ2n) is 16.3. The molecule has 1 amide bonds. The monoisotopic (exact) mass is 668 g/mol. The minimum atomic E-state index is -0.790. The molecular formula is C43H60N2O4. The molecule has 0 radical (unpaired) electrons. The maximum absolute atomic E-state index is 14.4. The quantitative estimate of drug-likeness (QED) is 0.173. The summed E-state index contributed by atoms with van der Waals surface area (Å²) in [5.41, 5.74) is 2.00. The van der Waals surface area contributed by atoms with E-state index in [1.807, 2.05) is 65.8 Å². The first kappa shape index (κ1) is 38.2. The van der Waals surface area contributed by atoms with Gasteiger partial charge in [0.2, 0.25) is 5.91 Å². The molecule has 1 saturated carbocycles. The van der Waals surface area contributed by atoms with Crippen molar-refractivity contribution in [2.24, 2.45) is 11.3 Å². The van der Waals surface area contributed by atoms with E-state index in [0.29, 0.717) is 6.42 Å². The van der Waals surface area contributed by atoms with Gasteiger partial charge in [-0.3, -0.25) is 9.69 Å². The van der Waals surface area contributed by atoms with Crippen LogP contribution < -0.4 is 10.1 Å². The Kier molecular flexibility index (Phi) is 12.8. The second kappa shape index (κ2) is 16.4. The van der Waals surface area contributed by atoms with Gasteiger partial charge in [-0.2, -0.15) is 0 Å². The van der Waals surface area contributed by atoms with Crippen molar-refractivity contribution >= 4 is 11.9 Å². The number of esters is 1. The van der Waals surface area contributed by atoms with Gasteiger partial charge in [-0.05, 0) is 109 Å². The van der Waals surface area contributed by atoms with E-state index in [4.69, 9.17) is 9.47 Å². The summed E-state index contributed by atoms with van der Waals surface area (Å²) in [5, 5.41) is 3.22. The number of carbonyl (C=O) groups excluding carboxylic acids is 2. The molecule has 0 bridgehead atoms. The zero-order valence-electron chi connectivity index (χ0n) is 31.4. The largest absolute Gasteiger partial charge is 0.488 e. The number of ether oxygens (including phenoxy) is 2. The zero-order chi connectivity index (χ0) is 35.8. The number of hydrogen-bond acceptors (Lipinski definition) is 5. The van der Waals surface area contributed by atoms with Crippen molar-refractivity contribution in [1.82, 2.24) is 10.2 Å². The minimum absolute atomic E-state index is 0.0286. The molecule has 6 heteroatoms. The first-order chi connectivity index (χ1) is 23.1. The van der Waals surface area contributed by atoms with Crippen LogP contribution >= 0.6 is 0 Å². The van der Waals surface area contributed by atoms with E-state index >= 15 is 0 Å². The molecule has 1 aliphatic carbocycles. The van der Waals surface area contributed by atoms with Crippen molar-refractivity contribution in [1.29, 1.82) is 0 Å². The summed E-state index contributed by atoms with van der Waals surface area (Å²) in [5.74, 6) is 0.581. The van der Waals surface area contributed by atoms with Crippen LogP contribution in [0.1, 0.15) is 123 Å². The summed E-state index contributed by atoms with van der Waals surface area (Å²) in [6.07, 6.45) is 4.78. The lowest BCUT2D eigenvalue weighted by Crippen LogP contribution is -2.51. The van der Waals surface area contributed by atoms with E-state index in [2.05, 4.69) is 91.7 Å². The van der Waals surface area contributed by atoms with Gasteiger partial charge in [0.25, 0.3) is 0 Å². The van der Waals surface area contributed by atoms with Gasteiger partial charge in [0, 0.05) is 30.5 Å². The Morgan fingerprint density at radius 3 is 1.73 bits per heavy atom. The highest BCUT2D eigenvalue weighted by molar-refractivity contribution is 5.88. The van der Waals surface area contributed by atoms with Crippen LogP contribution in [0.15, 0.2) is 84.9 Å². The van der Waals surface area contributed by atoms with Crippen LogP contribution in [0.25, 0.3) is 0 Å². The molecule has 49 heavy (non-hydrogen) atoms. The number of nitrogens with zero attached hydrogens (tertiary/aromatic N) is 1. The average molecular weight is 669 g/mol. The van der Waals surface area contributed by atoms with Gasteiger partial charge in [0.15, 0.2) is 0 Å². The fourth-order valence-corrected chi connectivity index (χ4v) is 7.33. The lowest BCUT2D eigenvalue weighted by Gasteiger charge is -2.39. The highest BCUT2D eigenvalue weighted by Gasteiger charge is 2.44.